The third-order valence-corrected chi connectivity index (χ3v) is 9.14. The Hall–Kier alpha value is -3.99. The maximum absolute atomic E-state index is 12.5. The number of aromatic nitrogens is 1. The van der Waals surface area contributed by atoms with Crippen LogP contribution in [0, 0.1) is 0 Å². The number of carbonyl (C=O) groups is 2. The molecule has 1 atom stereocenters. The van der Waals surface area contributed by atoms with Crippen LogP contribution >= 0.6 is 11.3 Å². The lowest BCUT2D eigenvalue weighted by Gasteiger charge is -2.34. The van der Waals surface area contributed by atoms with Gasteiger partial charge in [-0.15, -0.1) is 11.3 Å². The van der Waals surface area contributed by atoms with Gasteiger partial charge in [-0.25, -0.2) is 4.98 Å². The molecule has 2 amide bonds. The van der Waals surface area contributed by atoms with Gasteiger partial charge in [-0.2, -0.15) is 0 Å². The second-order valence-electron chi connectivity index (χ2n) is 11.1. The Morgan fingerprint density at radius 3 is 2.49 bits per heavy atom. The summed E-state index contributed by atoms with van der Waals surface area (Å²) in [6.07, 6.45) is 3.74. The molecule has 2 aromatic heterocycles. The van der Waals surface area contributed by atoms with E-state index in [-0.39, 0.29) is 11.9 Å². The maximum Gasteiger partial charge on any atom is 0.260 e. The predicted octanol–water partition coefficient (Wildman–Crippen LogP) is 4.19. The molecule has 1 saturated heterocycles. The van der Waals surface area contributed by atoms with Gasteiger partial charge in [0, 0.05) is 43.2 Å². The molecule has 10 heteroatoms. The van der Waals surface area contributed by atoms with E-state index in [1.807, 2.05) is 42.5 Å². The van der Waals surface area contributed by atoms with Crippen molar-refractivity contribution in [1.82, 2.24) is 15.6 Å². The fourth-order valence-corrected chi connectivity index (χ4v) is 6.62. The van der Waals surface area contributed by atoms with Crippen molar-refractivity contribution in [1.29, 1.82) is 0 Å². The zero-order valence-corrected chi connectivity index (χ0v) is 25.3. The molecule has 7 N–H and O–H groups in total. The van der Waals surface area contributed by atoms with E-state index in [4.69, 9.17) is 16.5 Å². The average molecular weight is 601 g/mol. The minimum absolute atomic E-state index is 0.117. The van der Waals surface area contributed by atoms with Crippen LogP contribution in [0.15, 0.2) is 60.7 Å². The first kappa shape index (κ1) is 30.5. The molecule has 226 valence electrons. The molecule has 0 bridgehead atoms. The summed E-state index contributed by atoms with van der Waals surface area (Å²) in [6, 6.07) is 19.6. The topological polar surface area (TPSA) is 147 Å². The van der Waals surface area contributed by atoms with E-state index >= 15 is 0 Å². The standard InChI is InChI=1S/C33H40N6O3S/c1-2-6-24-19-27(38-33-28(24)29(34)30(43-33)31(35)41)39-17-14-25(15-18-39)37-20-26(40)22-9-11-23(12-10-22)32(42)36-16-13-21-7-4-3-5-8-21/h3-5,7-12,19,25-26,37,40H,2,6,13-18,20,34H2,1H3,(H2,35,41)(H,36,42). The van der Waals surface area contributed by atoms with Crippen LogP contribution in [-0.4, -0.2) is 54.1 Å². The Bertz CT molecular complexity index is 1550. The van der Waals surface area contributed by atoms with Crippen molar-refractivity contribution in [2.24, 2.45) is 5.73 Å². The maximum atomic E-state index is 12.5. The third-order valence-electron chi connectivity index (χ3n) is 8.03. The highest BCUT2D eigenvalue weighted by molar-refractivity contribution is 7.21. The van der Waals surface area contributed by atoms with Crippen molar-refractivity contribution in [3.8, 4) is 0 Å². The number of thiophene rings is 1. The summed E-state index contributed by atoms with van der Waals surface area (Å²) in [5.41, 5.74) is 15.9. The predicted molar refractivity (Wildman–Crippen MR) is 174 cm³/mol. The highest BCUT2D eigenvalue weighted by Crippen LogP contribution is 2.37. The van der Waals surface area contributed by atoms with E-state index in [2.05, 4.69) is 28.5 Å². The summed E-state index contributed by atoms with van der Waals surface area (Å²) in [5.74, 6) is 0.263. The molecule has 1 unspecified atom stereocenters. The zero-order valence-electron chi connectivity index (χ0n) is 24.5. The molecule has 4 aromatic rings. The number of aliphatic hydroxyl groups excluding tert-OH is 1. The van der Waals surface area contributed by atoms with Crippen molar-refractivity contribution >= 4 is 44.9 Å². The van der Waals surface area contributed by atoms with E-state index in [0.29, 0.717) is 29.2 Å². The summed E-state index contributed by atoms with van der Waals surface area (Å²) in [6.45, 7) is 4.78. The average Bonchev–Trinajstić information content (AvgIpc) is 3.37. The van der Waals surface area contributed by atoms with Crippen LogP contribution in [-0.2, 0) is 12.8 Å². The molecule has 1 fully saturated rings. The third kappa shape index (κ3) is 7.33. The molecule has 5 rings (SSSR count). The second kappa shape index (κ2) is 14.0. The number of pyridine rings is 1. The highest BCUT2D eigenvalue weighted by atomic mass is 32.1. The van der Waals surface area contributed by atoms with Crippen molar-refractivity contribution < 1.29 is 14.7 Å². The first-order valence-electron chi connectivity index (χ1n) is 14.9. The minimum atomic E-state index is -0.669. The number of carbonyl (C=O) groups excluding carboxylic acids is 2. The van der Waals surface area contributed by atoms with Gasteiger partial charge in [-0.1, -0.05) is 55.8 Å². The lowest BCUT2D eigenvalue weighted by molar-refractivity contribution is 0.0952. The van der Waals surface area contributed by atoms with Gasteiger partial charge in [-0.3, -0.25) is 9.59 Å². The number of piperidine rings is 1. The minimum Gasteiger partial charge on any atom is -0.397 e. The molecule has 3 heterocycles. The SMILES string of the molecule is CCCc1cc(N2CCC(NCC(O)c3ccc(C(=O)NCCc4ccccc4)cc3)CC2)nc2sc(C(N)=O)c(N)c12. The molecule has 0 radical (unpaired) electrons. The van der Waals surface area contributed by atoms with Crippen LogP contribution in [0.5, 0.6) is 0 Å². The van der Waals surface area contributed by atoms with Gasteiger partial charge in [0.05, 0.1) is 11.8 Å². The van der Waals surface area contributed by atoms with E-state index < -0.39 is 12.0 Å². The van der Waals surface area contributed by atoms with Gasteiger partial charge in [-0.05, 0) is 60.6 Å². The monoisotopic (exact) mass is 600 g/mol. The van der Waals surface area contributed by atoms with E-state index in [9.17, 15) is 14.7 Å². The van der Waals surface area contributed by atoms with Crippen molar-refractivity contribution in [2.45, 2.75) is 51.2 Å². The molecular formula is C33H40N6O3S. The Kier molecular flexibility index (Phi) is 9.91. The number of nitrogens with one attached hydrogen (secondary N) is 2. The number of nitrogens with two attached hydrogens (primary N) is 2. The first-order valence-corrected chi connectivity index (χ1v) is 15.8. The van der Waals surface area contributed by atoms with E-state index in [1.165, 1.54) is 16.9 Å². The number of amides is 2. The van der Waals surface area contributed by atoms with Crippen LogP contribution in [0.2, 0.25) is 0 Å². The highest BCUT2D eigenvalue weighted by Gasteiger charge is 2.24. The van der Waals surface area contributed by atoms with Gasteiger partial charge < -0.3 is 32.1 Å². The lowest BCUT2D eigenvalue weighted by Crippen LogP contribution is -2.44. The molecule has 1 aliphatic rings. The molecule has 43 heavy (non-hydrogen) atoms. The summed E-state index contributed by atoms with van der Waals surface area (Å²) in [4.78, 5) is 32.7. The quantitative estimate of drug-likeness (QED) is 0.164. The van der Waals surface area contributed by atoms with Crippen LogP contribution in [0.4, 0.5) is 11.5 Å². The molecule has 1 aliphatic heterocycles. The van der Waals surface area contributed by atoms with Crippen LogP contribution in [0.1, 0.15) is 69.0 Å². The molecule has 0 saturated carbocycles. The molecular weight excluding hydrogens is 560 g/mol. The van der Waals surface area contributed by atoms with Crippen molar-refractivity contribution in [3.05, 3.63) is 87.8 Å². The van der Waals surface area contributed by atoms with Gasteiger partial charge in [0.1, 0.15) is 15.5 Å². The number of aliphatic hydroxyl groups is 1. The smallest absolute Gasteiger partial charge is 0.260 e. The van der Waals surface area contributed by atoms with Gasteiger partial charge in [0.25, 0.3) is 11.8 Å². The largest absolute Gasteiger partial charge is 0.397 e. The summed E-state index contributed by atoms with van der Waals surface area (Å²) >= 11 is 1.27. The number of aryl methyl sites for hydroxylation is 1. The Balaban J connectivity index is 1.11. The number of anilines is 2. The molecule has 0 aliphatic carbocycles. The van der Waals surface area contributed by atoms with E-state index in [0.717, 1.165) is 72.4 Å². The molecule has 0 spiro atoms. The summed E-state index contributed by atoms with van der Waals surface area (Å²) in [7, 11) is 0. The van der Waals surface area contributed by atoms with E-state index in [1.54, 1.807) is 12.1 Å². The number of nitrogens with zero attached hydrogens (tertiary/aromatic N) is 2. The number of fused-ring (bicyclic) bond motifs is 1. The fourth-order valence-electron chi connectivity index (χ4n) is 5.63. The van der Waals surface area contributed by atoms with Crippen molar-refractivity contribution in [2.75, 3.05) is 36.8 Å². The van der Waals surface area contributed by atoms with Crippen LogP contribution < -0.4 is 27.0 Å². The number of nitrogen functional groups attached to an aromatic ring is 1. The second-order valence-corrected chi connectivity index (χ2v) is 12.1. The van der Waals surface area contributed by atoms with Gasteiger partial charge >= 0.3 is 0 Å². The summed E-state index contributed by atoms with van der Waals surface area (Å²) in [5, 5.41) is 18.1. The number of rotatable bonds is 12. The fraction of sp³-hybridized carbons (Fsp3) is 0.364. The Labute approximate surface area is 256 Å². The number of primary amides is 1. The first-order chi connectivity index (χ1) is 20.8. The lowest BCUT2D eigenvalue weighted by atomic mass is 10.0. The van der Waals surface area contributed by atoms with Gasteiger partial charge in [0.2, 0.25) is 0 Å². The van der Waals surface area contributed by atoms with Crippen LogP contribution in [0.3, 0.4) is 0 Å². The Morgan fingerprint density at radius 1 is 1.09 bits per heavy atom. The Morgan fingerprint density at radius 2 is 1.81 bits per heavy atom. The molecule has 2 aromatic carbocycles. The zero-order chi connectivity index (χ0) is 30.3. The number of hydrogen-bond donors (Lipinski definition) is 5. The summed E-state index contributed by atoms with van der Waals surface area (Å²) < 4.78 is 0. The van der Waals surface area contributed by atoms with Gasteiger partial charge in [0.15, 0.2) is 0 Å². The normalized spacial score (nSPS) is 14.6. The van der Waals surface area contributed by atoms with Crippen molar-refractivity contribution in [3.63, 3.8) is 0 Å². The molecule has 9 nitrogen and oxygen atoms in total. The number of benzene rings is 2. The number of hydrogen-bond acceptors (Lipinski definition) is 8. The van der Waals surface area contributed by atoms with Crippen LogP contribution in [0.25, 0.3) is 10.2 Å².